The number of nitrogens with zero attached hydrogens (tertiary/aromatic N) is 3. The van der Waals surface area contributed by atoms with Crippen molar-refractivity contribution in [1.29, 1.82) is 0 Å². The lowest BCUT2D eigenvalue weighted by Gasteiger charge is -2.21. The number of hydrogen-bond acceptors (Lipinski definition) is 3. The van der Waals surface area contributed by atoms with Crippen LogP contribution in [0.25, 0.3) is 0 Å². The van der Waals surface area contributed by atoms with Gasteiger partial charge in [0.05, 0.1) is 0 Å². The first kappa shape index (κ1) is 21.5. The third kappa shape index (κ3) is 7.41. The SMILES string of the molecule is CCNC(=NCCCCN(C)C(C)C)NC1CCN(c2ccc(C)cc2)C1. The van der Waals surface area contributed by atoms with E-state index in [0.29, 0.717) is 12.1 Å². The van der Waals surface area contributed by atoms with E-state index in [0.717, 1.165) is 51.5 Å². The smallest absolute Gasteiger partial charge is 0.191 e. The number of rotatable bonds is 9. The molecule has 1 unspecified atom stereocenters. The Morgan fingerprint density at radius 3 is 2.67 bits per heavy atom. The Bertz CT molecular complexity index is 567. The number of aliphatic imine (C=N–C) groups is 1. The van der Waals surface area contributed by atoms with Gasteiger partial charge in [-0.25, -0.2) is 0 Å². The summed E-state index contributed by atoms with van der Waals surface area (Å²) in [5.74, 6) is 0.963. The summed E-state index contributed by atoms with van der Waals surface area (Å²) in [5, 5.41) is 7.03. The third-order valence-electron chi connectivity index (χ3n) is 5.34. The van der Waals surface area contributed by atoms with Crippen LogP contribution in [0.3, 0.4) is 0 Å². The highest BCUT2D eigenvalue weighted by Gasteiger charge is 2.23. The fourth-order valence-electron chi connectivity index (χ4n) is 3.30. The van der Waals surface area contributed by atoms with E-state index < -0.39 is 0 Å². The van der Waals surface area contributed by atoms with Crippen molar-refractivity contribution in [3.8, 4) is 0 Å². The van der Waals surface area contributed by atoms with Crippen molar-refractivity contribution in [2.24, 2.45) is 4.99 Å². The monoisotopic (exact) mass is 373 g/mol. The van der Waals surface area contributed by atoms with Gasteiger partial charge in [0, 0.05) is 44.0 Å². The van der Waals surface area contributed by atoms with Crippen LogP contribution in [0.4, 0.5) is 5.69 Å². The summed E-state index contributed by atoms with van der Waals surface area (Å²) in [7, 11) is 2.19. The van der Waals surface area contributed by atoms with Crippen molar-refractivity contribution in [2.45, 2.75) is 59.0 Å². The number of aryl methyl sites for hydroxylation is 1. The van der Waals surface area contributed by atoms with Gasteiger partial charge in [-0.2, -0.15) is 0 Å². The fourth-order valence-corrected chi connectivity index (χ4v) is 3.30. The molecule has 0 aromatic heterocycles. The molecule has 1 aliphatic rings. The van der Waals surface area contributed by atoms with Crippen molar-refractivity contribution < 1.29 is 0 Å². The van der Waals surface area contributed by atoms with Crippen molar-refractivity contribution in [2.75, 3.05) is 44.7 Å². The van der Waals surface area contributed by atoms with Crippen LogP contribution in [0.5, 0.6) is 0 Å². The summed E-state index contributed by atoms with van der Waals surface area (Å²) in [4.78, 5) is 9.64. The number of hydrogen-bond donors (Lipinski definition) is 2. The molecular formula is C22H39N5. The van der Waals surface area contributed by atoms with E-state index in [1.165, 1.54) is 17.7 Å². The van der Waals surface area contributed by atoms with Gasteiger partial charge in [-0.15, -0.1) is 0 Å². The largest absolute Gasteiger partial charge is 0.369 e. The van der Waals surface area contributed by atoms with Crippen molar-refractivity contribution >= 4 is 11.6 Å². The van der Waals surface area contributed by atoms with Gasteiger partial charge in [-0.05, 0) is 72.7 Å². The van der Waals surface area contributed by atoms with E-state index >= 15 is 0 Å². The molecule has 2 N–H and O–H groups in total. The number of guanidine groups is 1. The van der Waals surface area contributed by atoms with Gasteiger partial charge in [0.15, 0.2) is 5.96 Å². The molecular weight excluding hydrogens is 334 g/mol. The number of anilines is 1. The number of benzene rings is 1. The molecule has 0 aliphatic carbocycles. The first-order valence-corrected chi connectivity index (χ1v) is 10.6. The van der Waals surface area contributed by atoms with E-state index in [9.17, 15) is 0 Å². The lowest BCUT2D eigenvalue weighted by molar-refractivity contribution is 0.269. The molecule has 0 radical (unpaired) electrons. The highest BCUT2D eigenvalue weighted by Crippen LogP contribution is 2.20. The summed E-state index contributed by atoms with van der Waals surface area (Å²) in [6.07, 6.45) is 3.48. The Morgan fingerprint density at radius 1 is 1.26 bits per heavy atom. The van der Waals surface area contributed by atoms with Crippen LogP contribution in [-0.2, 0) is 0 Å². The van der Waals surface area contributed by atoms with E-state index in [1.54, 1.807) is 0 Å². The second-order valence-corrected chi connectivity index (χ2v) is 7.95. The maximum Gasteiger partial charge on any atom is 0.191 e. The molecule has 1 atom stereocenters. The van der Waals surface area contributed by atoms with Crippen LogP contribution in [0.1, 0.15) is 45.6 Å². The Kier molecular flexibility index (Phi) is 8.92. The topological polar surface area (TPSA) is 42.9 Å². The Morgan fingerprint density at radius 2 is 2.00 bits per heavy atom. The van der Waals surface area contributed by atoms with Gasteiger partial charge in [0.2, 0.25) is 0 Å². The molecule has 0 amide bonds. The normalized spacial score (nSPS) is 17.8. The van der Waals surface area contributed by atoms with Crippen LogP contribution >= 0.6 is 0 Å². The van der Waals surface area contributed by atoms with Crippen LogP contribution in [0, 0.1) is 6.92 Å². The number of nitrogens with one attached hydrogen (secondary N) is 2. The standard InChI is InChI=1S/C22H39N5/c1-6-23-22(24-14-7-8-15-26(5)18(2)3)25-20-13-16-27(17-20)21-11-9-19(4)10-12-21/h9-12,18,20H,6-8,13-17H2,1-5H3,(H2,23,24,25). The lowest BCUT2D eigenvalue weighted by Crippen LogP contribution is -2.44. The summed E-state index contributed by atoms with van der Waals surface area (Å²) in [6.45, 7) is 13.8. The summed E-state index contributed by atoms with van der Waals surface area (Å²) in [6, 6.07) is 9.91. The average molecular weight is 374 g/mol. The highest BCUT2D eigenvalue weighted by molar-refractivity contribution is 5.80. The predicted molar refractivity (Wildman–Crippen MR) is 118 cm³/mol. The maximum absolute atomic E-state index is 4.79. The molecule has 0 bridgehead atoms. The molecule has 5 nitrogen and oxygen atoms in total. The quantitative estimate of drug-likeness (QED) is 0.396. The van der Waals surface area contributed by atoms with E-state index in [1.807, 2.05) is 0 Å². The van der Waals surface area contributed by atoms with E-state index in [-0.39, 0.29) is 0 Å². The number of unbranched alkanes of at least 4 members (excludes halogenated alkanes) is 1. The lowest BCUT2D eigenvalue weighted by atomic mass is 10.2. The van der Waals surface area contributed by atoms with E-state index in [4.69, 9.17) is 4.99 Å². The van der Waals surface area contributed by atoms with Crippen LogP contribution < -0.4 is 15.5 Å². The van der Waals surface area contributed by atoms with Gasteiger partial charge in [-0.3, -0.25) is 4.99 Å². The average Bonchev–Trinajstić information content (AvgIpc) is 3.10. The summed E-state index contributed by atoms with van der Waals surface area (Å²) in [5.41, 5.74) is 2.63. The molecule has 1 heterocycles. The molecule has 0 saturated carbocycles. The van der Waals surface area contributed by atoms with Crippen molar-refractivity contribution in [3.05, 3.63) is 29.8 Å². The van der Waals surface area contributed by atoms with E-state index in [2.05, 4.69) is 79.4 Å². The summed E-state index contributed by atoms with van der Waals surface area (Å²) >= 11 is 0. The minimum atomic E-state index is 0.455. The second kappa shape index (κ2) is 11.2. The second-order valence-electron chi connectivity index (χ2n) is 7.95. The minimum Gasteiger partial charge on any atom is -0.369 e. The first-order valence-electron chi connectivity index (χ1n) is 10.6. The Labute approximate surface area is 166 Å². The predicted octanol–water partition coefficient (Wildman–Crippen LogP) is 3.25. The molecule has 0 spiro atoms. The molecule has 1 aromatic carbocycles. The Balaban J connectivity index is 1.77. The van der Waals surface area contributed by atoms with Crippen molar-refractivity contribution in [1.82, 2.24) is 15.5 Å². The zero-order chi connectivity index (χ0) is 19.6. The molecule has 152 valence electrons. The minimum absolute atomic E-state index is 0.455. The van der Waals surface area contributed by atoms with Gasteiger partial charge in [0.1, 0.15) is 0 Å². The zero-order valence-corrected chi connectivity index (χ0v) is 18.0. The van der Waals surface area contributed by atoms with Crippen LogP contribution in [0.15, 0.2) is 29.3 Å². The van der Waals surface area contributed by atoms with Crippen LogP contribution in [0.2, 0.25) is 0 Å². The molecule has 1 aromatic rings. The Hall–Kier alpha value is -1.75. The molecule has 2 rings (SSSR count). The highest BCUT2D eigenvalue weighted by atomic mass is 15.2. The molecule has 5 heteroatoms. The van der Waals surface area contributed by atoms with Gasteiger partial charge >= 0.3 is 0 Å². The van der Waals surface area contributed by atoms with Crippen molar-refractivity contribution in [3.63, 3.8) is 0 Å². The molecule has 1 fully saturated rings. The maximum atomic E-state index is 4.79. The third-order valence-corrected chi connectivity index (χ3v) is 5.34. The fraction of sp³-hybridized carbons (Fsp3) is 0.682. The van der Waals surface area contributed by atoms with Crippen LogP contribution in [-0.4, -0.2) is 62.7 Å². The molecule has 1 aliphatic heterocycles. The van der Waals surface area contributed by atoms with Gasteiger partial charge in [0.25, 0.3) is 0 Å². The van der Waals surface area contributed by atoms with Gasteiger partial charge < -0.3 is 20.4 Å². The van der Waals surface area contributed by atoms with Gasteiger partial charge in [-0.1, -0.05) is 17.7 Å². The molecule has 27 heavy (non-hydrogen) atoms. The molecule has 1 saturated heterocycles. The zero-order valence-electron chi connectivity index (χ0n) is 18.0. The summed E-state index contributed by atoms with van der Waals surface area (Å²) < 4.78 is 0. The first-order chi connectivity index (χ1) is 13.0.